The van der Waals surface area contributed by atoms with Crippen LogP contribution in [0.1, 0.15) is 61.7 Å². The maximum atomic E-state index is 14.7. The van der Waals surface area contributed by atoms with E-state index in [1.165, 1.54) is 6.92 Å². The first-order chi connectivity index (χ1) is 15.8. The van der Waals surface area contributed by atoms with Crippen molar-refractivity contribution >= 4 is 11.4 Å². The molecule has 1 N–H and O–H groups in total. The van der Waals surface area contributed by atoms with Crippen molar-refractivity contribution in [3.63, 3.8) is 0 Å². The molecule has 0 radical (unpaired) electrons. The number of allylic oxidation sites excluding steroid dienone is 6. The fourth-order valence-corrected chi connectivity index (χ4v) is 4.20. The van der Waals surface area contributed by atoms with Crippen molar-refractivity contribution in [3.8, 4) is 0 Å². The fourth-order valence-electron chi connectivity index (χ4n) is 4.20. The smallest absolute Gasteiger partial charge is 0.372 e. The molecule has 0 fully saturated rings. The third-order valence-corrected chi connectivity index (χ3v) is 5.84. The van der Waals surface area contributed by atoms with Crippen LogP contribution in [0, 0.1) is 0 Å². The van der Waals surface area contributed by atoms with Crippen molar-refractivity contribution in [2.75, 3.05) is 5.32 Å². The summed E-state index contributed by atoms with van der Waals surface area (Å²) in [4.78, 5) is 4.45. The predicted molar refractivity (Wildman–Crippen MR) is 118 cm³/mol. The summed E-state index contributed by atoms with van der Waals surface area (Å²) in [6.45, 7) is 4.69. The normalized spacial score (nSPS) is 19.5. The number of hydrogen-bond acceptors (Lipinski definition) is 4. The van der Waals surface area contributed by atoms with Gasteiger partial charge in [-0.25, -0.2) is 9.37 Å². The highest BCUT2D eigenvalue weighted by Crippen LogP contribution is 2.36. The lowest BCUT2D eigenvalue weighted by molar-refractivity contribution is -0.0883. The first-order valence-electron chi connectivity index (χ1n) is 11.0. The zero-order valence-corrected chi connectivity index (χ0v) is 18.5. The minimum atomic E-state index is -4.58. The molecule has 1 atom stereocenters. The summed E-state index contributed by atoms with van der Waals surface area (Å²) in [5.74, 6) is -0.0206. The number of aryl methyl sites for hydroxylation is 1. The monoisotopic (exact) mass is 462 g/mol. The highest BCUT2D eigenvalue weighted by molar-refractivity contribution is 5.77. The molecule has 2 aliphatic rings. The van der Waals surface area contributed by atoms with Crippen molar-refractivity contribution in [1.29, 1.82) is 0 Å². The lowest BCUT2D eigenvalue weighted by Gasteiger charge is -2.25. The van der Waals surface area contributed by atoms with Gasteiger partial charge in [-0.3, -0.25) is 4.68 Å². The summed E-state index contributed by atoms with van der Waals surface area (Å²) in [7, 11) is 0. The summed E-state index contributed by atoms with van der Waals surface area (Å²) < 4.78 is 62.5. The van der Waals surface area contributed by atoms with E-state index in [4.69, 9.17) is 4.74 Å². The molecule has 33 heavy (non-hydrogen) atoms. The summed E-state index contributed by atoms with van der Waals surface area (Å²) in [6.07, 6.45) is 1.99. The Hall–Kier alpha value is -2.94. The van der Waals surface area contributed by atoms with Gasteiger partial charge in [0.15, 0.2) is 0 Å². The third-order valence-electron chi connectivity index (χ3n) is 5.84. The van der Waals surface area contributed by atoms with Crippen molar-refractivity contribution in [3.05, 3.63) is 70.5 Å². The molecule has 2 aromatic heterocycles. The number of nitrogens with zero attached hydrogens (tertiary/aromatic N) is 3. The standard InChI is InChI=1S/C24H26F4N4O/c1-3-6-16(24(26,27)28)11-17(19(25)4-2)21-12-22-20(7-5-10-32(22)31-21)30-23-18-14-33-13-15(18)8-9-29-23/h4,6,8-9,11-12,20H,3,5,7,10,13-14H2,1-2H3,(H,29,30)/b16-6-,17-11+,19-4+. The summed E-state index contributed by atoms with van der Waals surface area (Å²) in [5, 5.41) is 7.91. The summed E-state index contributed by atoms with van der Waals surface area (Å²) >= 11 is 0. The maximum absolute atomic E-state index is 14.7. The second-order valence-electron chi connectivity index (χ2n) is 8.07. The molecule has 0 amide bonds. The number of aromatic nitrogens is 3. The molecule has 1 unspecified atom stereocenters. The van der Waals surface area contributed by atoms with Crippen LogP contribution in [0.2, 0.25) is 0 Å². The first kappa shape index (κ1) is 23.2. The predicted octanol–water partition coefficient (Wildman–Crippen LogP) is 6.41. The van der Waals surface area contributed by atoms with Crippen molar-refractivity contribution in [2.24, 2.45) is 0 Å². The number of rotatable bonds is 6. The number of halogens is 4. The lowest BCUT2D eigenvalue weighted by atomic mass is 10.0. The highest BCUT2D eigenvalue weighted by atomic mass is 19.4. The molecule has 4 rings (SSSR count). The van der Waals surface area contributed by atoms with Crippen LogP contribution in [0.5, 0.6) is 0 Å². The molecular formula is C24H26F4N4O. The van der Waals surface area contributed by atoms with Crippen LogP contribution in [0.25, 0.3) is 5.57 Å². The molecule has 5 nitrogen and oxygen atoms in total. The maximum Gasteiger partial charge on any atom is 0.416 e. The van der Waals surface area contributed by atoms with Gasteiger partial charge in [-0.15, -0.1) is 0 Å². The minimum absolute atomic E-state index is 0.150. The zero-order chi connectivity index (χ0) is 23.6. The van der Waals surface area contributed by atoms with Gasteiger partial charge in [0.25, 0.3) is 0 Å². The number of alkyl halides is 3. The Balaban J connectivity index is 1.71. The van der Waals surface area contributed by atoms with Crippen molar-refractivity contribution < 1.29 is 22.3 Å². The molecule has 2 aliphatic heterocycles. The summed E-state index contributed by atoms with van der Waals surface area (Å²) in [5.41, 5.74) is 1.99. The van der Waals surface area contributed by atoms with Crippen LogP contribution in [0.15, 0.2) is 48.0 Å². The van der Waals surface area contributed by atoms with Gasteiger partial charge >= 0.3 is 6.18 Å². The molecule has 0 bridgehead atoms. The summed E-state index contributed by atoms with van der Waals surface area (Å²) in [6, 6.07) is 3.45. The number of pyridine rings is 1. The molecule has 0 aromatic carbocycles. The Morgan fingerprint density at radius 2 is 2.15 bits per heavy atom. The Morgan fingerprint density at radius 3 is 2.88 bits per heavy atom. The quantitative estimate of drug-likeness (QED) is 0.398. The average molecular weight is 462 g/mol. The molecule has 4 heterocycles. The van der Waals surface area contributed by atoms with E-state index >= 15 is 0 Å². The minimum Gasteiger partial charge on any atom is -0.372 e. The molecule has 9 heteroatoms. The van der Waals surface area contributed by atoms with Gasteiger partial charge in [0.05, 0.1) is 36.2 Å². The van der Waals surface area contributed by atoms with E-state index < -0.39 is 17.6 Å². The largest absolute Gasteiger partial charge is 0.416 e. The highest BCUT2D eigenvalue weighted by Gasteiger charge is 2.33. The molecule has 2 aromatic rings. The fraction of sp³-hybridized carbons (Fsp3) is 0.417. The second kappa shape index (κ2) is 9.51. The van der Waals surface area contributed by atoms with Crippen LogP contribution in [0.3, 0.4) is 0 Å². The van der Waals surface area contributed by atoms with Gasteiger partial charge in [0, 0.05) is 23.9 Å². The van der Waals surface area contributed by atoms with E-state index in [9.17, 15) is 17.6 Å². The molecule has 0 aliphatic carbocycles. The van der Waals surface area contributed by atoms with Crippen molar-refractivity contribution in [1.82, 2.24) is 14.8 Å². The second-order valence-corrected chi connectivity index (χ2v) is 8.07. The Bertz CT molecular complexity index is 1110. The van der Waals surface area contributed by atoms with Gasteiger partial charge in [-0.1, -0.05) is 19.1 Å². The van der Waals surface area contributed by atoms with Crippen LogP contribution < -0.4 is 5.32 Å². The van der Waals surface area contributed by atoms with Gasteiger partial charge in [0.2, 0.25) is 0 Å². The molecule has 0 saturated carbocycles. The van der Waals surface area contributed by atoms with E-state index in [0.717, 1.165) is 53.7 Å². The number of nitrogens with one attached hydrogen (secondary N) is 1. The SMILES string of the molecule is C\C=C(F)/C(=C\C(=C\CC)C(F)(F)F)c1cc2n(n1)CCCC2Nc1nccc2c1COC2. The number of anilines is 1. The third kappa shape index (κ3) is 4.88. The topological polar surface area (TPSA) is 52.0 Å². The molecule has 0 spiro atoms. The van der Waals surface area contributed by atoms with Gasteiger partial charge in [0.1, 0.15) is 11.6 Å². The van der Waals surface area contributed by atoms with E-state index in [1.54, 1.807) is 23.9 Å². The number of fused-ring (bicyclic) bond motifs is 2. The molecule has 0 saturated heterocycles. The zero-order valence-electron chi connectivity index (χ0n) is 18.5. The van der Waals surface area contributed by atoms with Gasteiger partial charge in [-0.2, -0.15) is 18.3 Å². The van der Waals surface area contributed by atoms with Crippen LogP contribution in [-0.2, 0) is 24.5 Å². The van der Waals surface area contributed by atoms with Crippen molar-refractivity contribution in [2.45, 2.75) is 65.1 Å². The van der Waals surface area contributed by atoms with Gasteiger partial charge in [-0.05, 0) is 50.0 Å². The Kier molecular flexibility index (Phi) is 6.69. The van der Waals surface area contributed by atoms with E-state index in [1.807, 2.05) is 6.07 Å². The molecule has 176 valence electrons. The van der Waals surface area contributed by atoms with Crippen LogP contribution in [0.4, 0.5) is 23.4 Å². The van der Waals surface area contributed by atoms with E-state index in [0.29, 0.717) is 19.8 Å². The van der Waals surface area contributed by atoms with Gasteiger partial charge < -0.3 is 10.1 Å². The lowest BCUT2D eigenvalue weighted by Crippen LogP contribution is -2.22. The number of hydrogen-bond donors (Lipinski definition) is 1. The first-order valence-corrected chi connectivity index (χ1v) is 11.0. The Labute approximate surface area is 189 Å². The van der Waals surface area contributed by atoms with Crippen LogP contribution in [-0.4, -0.2) is 20.9 Å². The van der Waals surface area contributed by atoms with Crippen LogP contribution >= 0.6 is 0 Å². The number of ether oxygens (including phenoxy) is 1. The van der Waals surface area contributed by atoms with E-state index in [2.05, 4.69) is 15.4 Å². The average Bonchev–Trinajstić information content (AvgIpc) is 3.43. The Morgan fingerprint density at radius 1 is 1.33 bits per heavy atom. The molecular weight excluding hydrogens is 436 g/mol. The van der Waals surface area contributed by atoms with E-state index in [-0.39, 0.29) is 23.7 Å².